The summed E-state index contributed by atoms with van der Waals surface area (Å²) in [6, 6.07) is 56.1. The molecule has 0 radical (unpaired) electrons. The number of hydrogen-bond donors (Lipinski definition) is 0. The van der Waals surface area contributed by atoms with E-state index in [-0.39, 0.29) is 0 Å². The van der Waals surface area contributed by atoms with Crippen molar-refractivity contribution >= 4 is 85.6 Å². The van der Waals surface area contributed by atoms with Crippen LogP contribution in [0.4, 0.5) is 0 Å². The maximum absolute atomic E-state index is 2.45. The predicted octanol–water partition coefficient (Wildman–Crippen LogP) is 12.3. The molecule has 10 aromatic rings. The molecular formula is C42H25NS. The zero-order valence-corrected chi connectivity index (χ0v) is 24.6. The highest BCUT2D eigenvalue weighted by Gasteiger charge is 2.16. The Balaban J connectivity index is 1.24. The quantitative estimate of drug-likeness (QED) is 0.181. The van der Waals surface area contributed by atoms with Gasteiger partial charge in [0.15, 0.2) is 0 Å². The third-order valence-corrected chi connectivity index (χ3v) is 10.5. The van der Waals surface area contributed by atoms with Crippen LogP contribution >= 0.6 is 11.3 Å². The number of benzene rings is 8. The third kappa shape index (κ3) is 3.35. The molecule has 44 heavy (non-hydrogen) atoms. The van der Waals surface area contributed by atoms with Gasteiger partial charge in [0.1, 0.15) is 0 Å². The van der Waals surface area contributed by atoms with Crippen molar-refractivity contribution in [2.24, 2.45) is 0 Å². The largest absolute Gasteiger partial charge is 0.309 e. The summed E-state index contributed by atoms with van der Waals surface area (Å²) in [5.74, 6) is 0. The lowest BCUT2D eigenvalue weighted by atomic mass is 9.92. The molecule has 204 valence electrons. The molecule has 0 N–H and O–H groups in total. The van der Waals surface area contributed by atoms with E-state index in [0.717, 1.165) is 0 Å². The standard InChI is InChI=1S/C42H25NS/c1-2-11-31-29(9-1)30-10-3-4-12-32(30)37-23-26(17-20-33(31)37)27-18-21-35-34-13-5-7-15-39(34)43(40(35)24-27)28-19-22-42-38(25-28)36-14-6-8-16-41(36)44-42/h1-25H. The van der Waals surface area contributed by atoms with Crippen molar-refractivity contribution < 1.29 is 0 Å². The highest BCUT2D eigenvalue weighted by molar-refractivity contribution is 7.25. The molecule has 1 nitrogen and oxygen atoms in total. The van der Waals surface area contributed by atoms with Crippen LogP contribution in [0, 0.1) is 0 Å². The molecule has 0 unspecified atom stereocenters. The van der Waals surface area contributed by atoms with E-state index in [1.54, 1.807) is 0 Å². The second-order valence-corrected chi connectivity index (χ2v) is 12.8. The second-order valence-electron chi connectivity index (χ2n) is 11.7. The summed E-state index contributed by atoms with van der Waals surface area (Å²) in [7, 11) is 0. The Morgan fingerprint density at radius 2 is 0.841 bits per heavy atom. The van der Waals surface area contributed by atoms with Crippen LogP contribution in [0.2, 0.25) is 0 Å². The van der Waals surface area contributed by atoms with Gasteiger partial charge in [-0.3, -0.25) is 0 Å². The number of fused-ring (bicyclic) bond motifs is 12. The molecule has 10 rings (SSSR count). The van der Waals surface area contributed by atoms with E-state index >= 15 is 0 Å². The van der Waals surface area contributed by atoms with Crippen LogP contribution in [0.1, 0.15) is 0 Å². The van der Waals surface area contributed by atoms with Gasteiger partial charge in [-0.15, -0.1) is 11.3 Å². The van der Waals surface area contributed by atoms with Crippen LogP contribution < -0.4 is 0 Å². The molecule has 0 spiro atoms. The van der Waals surface area contributed by atoms with E-state index in [9.17, 15) is 0 Å². The smallest absolute Gasteiger partial charge is 0.0547 e. The van der Waals surface area contributed by atoms with Gasteiger partial charge in [0.2, 0.25) is 0 Å². The number of aromatic nitrogens is 1. The van der Waals surface area contributed by atoms with Crippen LogP contribution in [0.3, 0.4) is 0 Å². The lowest BCUT2D eigenvalue weighted by Crippen LogP contribution is -1.93. The maximum atomic E-state index is 2.45. The average Bonchev–Trinajstić information content (AvgIpc) is 3.63. The van der Waals surface area contributed by atoms with Gasteiger partial charge in [0, 0.05) is 36.6 Å². The molecule has 0 bridgehead atoms. The molecule has 0 saturated carbocycles. The van der Waals surface area contributed by atoms with E-state index < -0.39 is 0 Å². The van der Waals surface area contributed by atoms with Gasteiger partial charge in [-0.2, -0.15) is 0 Å². The molecular weight excluding hydrogens is 551 g/mol. The Morgan fingerprint density at radius 1 is 0.318 bits per heavy atom. The highest BCUT2D eigenvalue weighted by atomic mass is 32.1. The summed E-state index contributed by atoms with van der Waals surface area (Å²) in [6.07, 6.45) is 0. The fraction of sp³-hybridized carbons (Fsp3) is 0. The molecule has 0 atom stereocenters. The molecule has 8 aromatic carbocycles. The maximum Gasteiger partial charge on any atom is 0.0547 e. The summed E-state index contributed by atoms with van der Waals surface area (Å²) in [5, 5.41) is 13.0. The molecule has 2 heterocycles. The van der Waals surface area contributed by atoms with Gasteiger partial charge >= 0.3 is 0 Å². The van der Waals surface area contributed by atoms with Crippen molar-refractivity contribution in [2.75, 3.05) is 0 Å². The van der Waals surface area contributed by atoms with E-state index in [2.05, 4.69) is 156 Å². The van der Waals surface area contributed by atoms with Crippen molar-refractivity contribution in [3.8, 4) is 16.8 Å². The first-order valence-corrected chi connectivity index (χ1v) is 15.9. The van der Waals surface area contributed by atoms with Gasteiger partial charge in [-0.25, -0.2) is 0 Å². The van der Waals surface area contributed by atoms with Crippen LogP contribution in [-0.2, 0) is 0 Å². The summed E-state index contributed by atoms with van der Waals surface area (Å²) in [6.45, 7) is 0. The minimum atomic E-state index is 1.19. The molecule has 0 fully saturated rings. The first-order chi connectivity index (χ1) is 21.8. The molecule has 2 aromatic heterocycles. The van der Waals surface area contributed by atoms with Gasteiger partial charge in [0.25, 0.3) is 0 Å². The van der Waals surface area contributed by atoms with Gasteiger partial charge < -0.3 is 4.57 Å². The van der Waals surface area contributed by atoms with E-state index in [1.165, 1.54) is 91.1 Å². The monoisotopic (exact) mass is 575 g/mol. The average molecular weight is 576 g/mol. The molecule has 0 aliphatic carbocycles. The number of nitrogens with zero attached hydrogens (tertiary/aromatic N) is 1. The number of hydrogen-bond acceptors (Lipinski definition) is 1. The lowest BCUT2D eigenvalue weighted by Gasteiger charge is -2.13. The summed E-state index contributed by atoms with van der Waals surface area (Å²) < 4.78 is 5.11. The third-order valence-electron chi connectivity index (χ3n) is 9.37. The van der Waals surface area contributed by atoms with Crippen LogP contribution in [-0.4, -0.2) is 4.57 Å². The Labute approximate surface area is 257 Å². The van der Waals surface area contributed by atoms with E-state index in [1.807, 2.05) is 11.3 Å². The second kappa shape index (κ2) is 9.03. The van der Waals surface area contributed by atoms with Gasteiger partial charge in [-0.1, -0.05) is 109 Å². The van der Waals surface area contributed by atoms with E-state index in [0.29, 0.717) is 0 Å². The van der Waals surface area contributed by atoms with E-state index in [4.69, 9.17) is 0 Å². The van der Waals surface area contributed by atoms with Crippen LogP contribution in [0.15, 0.2) is 152 Å². The van der Waals surface area contributed by atoms with Crippen molar-refractivity contribution in [2.45, 2.75) is 0 Å². The number of thiophene rings is 1. The Kier molecular flexibility index (Phi) is 4.94. The Bertz CT molecular complexity index is 2740. The fourth-order valence-corrected chi connectivity index (χ4v) is 8.46. The number of rotatable bonds is 2. The summed E-state index contributed by atoms with van der Waals surface area (Å²) in [4.78, 5) is 0. The first kappa shape index (κ1) is 24.0. The zero-order valence-electron chi connectivity index (χ0n) is 23.8. The molecule has 2 heteroatoms. The van der Waals surface area contributed by atoms with Crippen molar-refractivity contribution in [1.29, 1.82) is 0 Å². The minimum absolute atomic E-state index is 1.19. The Morgan fingerprint density at radius 3 is 1.59 bits per heavy atom. The predicted molar refractivity (Wildman–Crippen MR) is 192 cm³/mol. The molecule has 0 aliphatic rings. The van der Waals surface area contributed by atoms with Crippen LogP contribution in [0.5, 0.6) is 0 Å². The summed E-state index contributed by atoms with van der Waals surface area (Å²) >= 11 is 1.87. The SMILES string of the molecule is c1ccc2c(c1)sc1ccc(-n3c4ccccc4c4ccc(-c5ccc6c7ccccc7c7ccccc7c6c5)cc43)cc12. The van der Waals surface area contributed by atoms with Crippen molar-refractivity contribution in [3.63, 3.8) is 0 Å². The van der Waals surface area contributed by atoms with Crippen LogP contribution in [0.25, 0.3) is 91.1 Å². The van der Waals surface area contributed by atoms with Crippen molar-refractivity contribution in [3.05, 3.63) is 152 Å². The Hall–Kier alpha value is -5.44. The molecule has 0 amide bonds. The van der Waals surface area contributed by atoms with Crippen molar-refractivity contribution in [1.82, 2.24) is 4.57 Å². The lowest BCUT2D eigenvalue weighted by molar-refractivity contribution is 1.19. The first-order valence-electron chi connectivity index (χ1n) is 15.1. The number of para-hydroxylation sites is 1. The highest BCUT2D eigenvalue weighted by Crippen LogP contribution is 2.40. The fourth-order valence-electron chi connectivity index (χ4n) is 7.37. The normalized spacial score (nSPS) is 12.1. The van der Waals surface area contributed by atoms with Gasteiger partial charge in [-0.05, 0) is 85.9 Å². The zero-order chi connectivity index (χ0) is 28.8. The van der Waals surface area contributed by atoms with Gasteiger partial charge in [0.05, 0.1) is 11.0 Å². The minimum Gasteiger partial charge on any atom is -0.309 e. The molecule has 0 saturated heterocycles. The molecule has 0 aliphatic heterocycles. The summed E-state index contributed by atoms with van der Waals surface area (Å²) in [5.41, 5.74) is 6.11. The topological polar surface area (TPSA) is 4.93 Å².